The highest BCUT2D eigenvalue weighted by atomic mass is 14.2. The Hall–Kier alpha value is -15.3. The van der Waals surface area contributed by atoms with Crippen LogP contribution in [0.4, 0.5) is 0 Å². The van der Waals surface area contributed by atoms with Gasteiger partial charge in [-0.15, -0.1) is 0 Å². The predicted octanol–water partition coefficient (Wildman–Crippen LogP) is 33.4. The minimum absolute atomic E-state index is 1.23. The molecule has 0 saturated heterocycles. The summed E-state index contributed by atoms with van der Waals surface area (Å²) in [5, 5.41) is 33.5. The Balaban J connectivity index is 0.000000107. The van der Waals surface area contributed by atoms with Gasteiger partial charge in [0, 0.05) is 0 Å². The monoisotopic (exact) mass is 1490 g/mol. The molecule has 0 heteroatoms. The first-order valence-corrected chi connectivity index (χ1v) is 40.9. The molecule has 0 unspecified atom stereocenters. The van der Waals surface area contributed by atoms with Crippen molar-refractivity contribution in [2.75, 3.05) is 0 Å². The fourth-order valence-electron chi connectivity index (χ4n) is 18.9. The Kier molecular flexibility index (Phi) is 17.4. The van der Waals surface area contributed by atoms with Gasteiger partial charge in [-0.3, -0.25) is 0 Å². The molecule has 0 fully saturated rings. The lowest BCUT2D eigenvalue weighted by atomic mass is 9.86. The van der Waals surface area contributed by atoms with Crippen molar-refractivity contribution < 1.29 is 0 Å². The van der Waals surface area contributed by atoms with E-state index in [0.29, 0.717) is 0 Å². The molecular formula is C118H76. The van der Waals surface area contributed by atoms with Gasteiger partial charge in [0.1, 0.15) is 0 Å². The Bertz CT molecular complexity index is 7600. The van der Waals surface area contributed by atoms with E-state index in [2.05, 4.69) is 461 Å². The maximum Gasteiger partial charge on any atom is -0.00259 e. The lowest BCUT2D eigenvalue weighted by Gasteiger charge is -2.17. The van der Waals surface area contributed by atoms with Crippen LogP contribution in [0.15, 0.2) is 461 Å². The van der Waals surface area contributed by atoms with Crippen molar-refractivity contribution in [3.05, 3.63) is 461 Å². The van der Waals surface area contributed by atoms with E-state index in [0.717, 1.165) is 0 Å². The van der Waals surface area contributed by atoms with Crippen molar-refractivity contribution in [2.45, 2.75) is 0 Å². The molecule has 24 aromatic carbocycles. The van der Waals surface area contributed by atoms with Crippen LogP contribution in [0.3, 0.4) is 0 Å². The summed E-state index contributed by atoms with van der Waals surface area (Å²) in [4.78, 5) is 0. The Labute approximate surface area is 685 Å². The molecular weight excluding hydrogens is 1420 g/mol. The predicted molar refractivity (Wildman–Crippen MR) is 510 cm³/mol. The van der Waals surface area contributed by atoms with Gasteiger partial charge in [0.05, 0.1) is 0 Å². The molecule has 0 atom stereocenters. The SMILES string of the molecule is c1ccc(-c2ccc(-c3cc4cc(-c5ccc(-c6ccccc6)cc5)c5ccccc5c4c4ccccc34)cc2)cc1.c1ccc2c(-c3cc4cc(-c5cccc6ccccc56)c5ccccc5c4c4ccccc34)cccc2c1.c1ccc2cc(-c3cc4cc(-c5ccc6ccccc6c5)c5ccccc5c4c4ccccc34)ccc2c1. The molecule has 118 heavy (non-hydrogen) atoms. The first-order valence-electron chi connectivity index (χ1n) is 40.9. The summed E-state index contributed by atoms with van der Waals surface area (Å²) in [6, 6.07) is 168. The highest BCUT2D eigenvalue weighted by molar-refractivity contribution is 6.30. The van der Waals surface area contributed by atoms with Crippen LogP contribution in [-0.2, 0) is 0 Å². The van der Waals surface area contributed by atoms with Crippen LogP contribution in [0, 0.1) is 0 Å². The summed E-state index contributed by atoms with van der Waals surface area (Å²) in [5.74, 6) is 0. The van der Waals surface area contributed by atoms with E-state index in [9.17, 15) is 0 Å². The summed E-state index contributed by atoms with van der Waals surface area (Å²) >= 11 is 0. The second-order valence-electron chi connectivity index (χ2n) is 31.2. The van der Waals surface area contributed by atoms with Gasteiger partial charge in [-0.1, -0.05) is 413 Å². The Morgan fingerprint density at radius 3 is 0.619 bits per heavy atom. The largest absolute Gasteiger partial charge is 0.0622 e. The first-order chi connectivity index (χ1) is 58.5. The topological polar surface area (TPSA) is 0 Å². The molecule has 0 amide bonds. The van der Waals surface area contributed by atoms with Crippen LogP contribution >= 0.6 is 0 Å². The van der Waals surface area contributed by atoms with Crippen LogP contribution in [0.25, 0.3) is 229 Å². The van der Waals surface area contributed by atoms with Gasteiger partial charge in [0.15, 0.2) is 0 Å². The molecule has 0 aliphatic rings. The van der Waals surface area contributed by atoms with Crippen molar-refractivity contribution in [1.29, 1.82) is 0 Å². The summed E-state index contributed by atoms with van der Waals surface area (Å²) < 4.78 is 0. The fourth-order valence-corrected chi connectivity index (χ4v) is 18.9. The third-order valence-corrected chi connectivity index (χ3v) is 24.5. The van der Waals surface area contributed by atoms with E-state index >= 15 is 0 Å². The molecule has 24 rings (SSSR count). The van der Waals surface area contributed by atoms with Gasteiger partial charge < -0.3 is 0 Å². The molecule has 0 nitrogen and oxygen atoms in total. The van der Waals surface area contributed by atoms with E-state index in [-0.39, 0.29) is 0 Å². The Morgan fingerprint density at radius 1 is 0.0847 bits per heavy atom. The molecule has 0 spiro atoms. The van der Waals surface area contributed by atoms with Gasteiger partial charge >= 0.3 is 0 Å². The first kappa shape index (κ1) is 69.4. The van der Waals surface area contributed by atoms with Crippen molar-refractivity contribution in [2.24, 2.45) is 0 Å². The number of fused-ring (bicyclic) bond motifs is 19. The second-order valence-corrected chi connectivity index (χ2v) is 31.2. The zero-order chi connectivity index (χ0) is 78.0. The van der Waals surface area contributed by atoms with E-state index in [1.807, 2.05) is 0 Å². The average Bonchev–Trinajstić information content (AvgIpc) is 0.740. The highest BCUT2D eigenvalue weighted by Crippen LogP contribution is 2.48. The van der Waals surface area contributed by atoms with Crippen LogP contribution in [0.5, 0.6) is 0 Å². The van der Waals surface area contributed by atoms with E-state index < -0.39 is 0 Å². The molecule has 0 aliphatic heterocycles. The molecule has 0 aliphatic carbocycles. The minimum Gasteiger partial charge on any atom is -0.0622 e. The van der Waals surface area contributed by atoms with Gasteiger partial charge in [0.2, 0.25) is 0 Å². The normalized spacial score (nSPS) is 11.6. The van der Waals surface area contributed by atoms with Gasteiger partial charge in [-0.05, 0) is 278 Å². The lowest BCUT2D eigenvalue weighted by molar-refractivity contribution is 1.60. The maximum atomic E-state index is 2.42. The molecule has 24 aromatic rings. The molecule has 0 saturated carbocycles. The van der Waals surface area contributed by atoms with Crippen molar-refractivity contribution in [3.8, 4) is 89.0 Å². The molecule has 0 aromatic heterocycles. The lowest BCUT2D eigenvalue weighted by Crippen LogP contribution is -1.90. The molecule has 0 bridgehead atoms. The quantitative estimate of drug-likeness (QED) is 0.133. The number of benzene rings is 24. The third-order valence-electron chi connectivity index (χ3n) is 24.5. The number of hydrogen-bond acceptors (Lipinski definition) is 0. The van der Waals surface area contributed by atoms with E-state index in [4.69, 9.17) is 0 Å². The van der Waals surface area contributed by atoms with Gasteiger partial charge in [-0.2, -0.15) is 0 Å². The summed E-state index contributed by atoms with van der Waals surface area (Å²) in [6.45, 7) is 0. The number of hydrogen-bond donors (Lipinski definition) is 0. The van der Waals surface area contributed by atoms with Crippen molar-refractivity contribution >= 4 is 140 Å². The zero-order valence-electron chi connectivity index (χ0n) is 64.9. The fraction of sp³-hybridized carbons (Fsp3) is 0. The summed E-state index contributed by atoms with van der Waals surface area (Å²) in [6.07, 6.45) is 0. The van der Waals surface area contributed by atoms with Crippen LogP contribution in [-0.4, -0.2) is 0 Å². The number of rotatable bonds is 8. The molecule has 0 heterocycles. The van der Waals surface area contributed by atoms with Crippen molar-refractivity contribution in [1.82, 2.24) is 0 Å². The molecule has 548 valence electrons. The standard InChI is InChI=1S/C42H28.2C38H24/c1-3-11-29(12-4-1)31-19-23-33(24-20-31)40-27-35-28-41(34-25-21-32(22-26-34)30-13-5-2-6-14-30)37-16-8-10-18-39(37)42(35)38-17-9-7-15-36(38)40;1-3-15-28-25(11-1)13-9-21-30(28)36-23-27-24-37(31-22-10-14-26-12-2-4-16-29(26)31)33-18-6-8-20-35(33)38(27)34-19-7-5-17-32(34)36;1-3-11-27-21-29(19-17-25(27)9-1)36-23-31-24-37(30-20-18-26-10-2-4-12-28(26)22-30)33-14-6-8-16-35(33)38(31)34-15-7-5-13-32(34)36/h1-28H;2*1-24H. The van der Waals surface area contributed by atoms with Crippen molar-refractivity contribution in [3.63, 3.8) is 0 Å². The van der Waals surface area contributed by atoms with E-state index in [1.54, 1.807) is 0 Å². The average molecular weight is 1490 g/mol. The summed E-state index contributed by atoms with van der Waals surface area (Å²) in [5.41, 5.74) is 20.1. The summed E-state index contributed by atoms with van der Waals surface area (Å²) in [7, 11) is 0. The maximum absolute atomic E-state index is 2.42. The third kappa shape index (κ3) is 12.3. The van der Waals surface area contributed by atoms with Gasteiger partial charge in [-0.25, -0.2) is 0 Å². The molecule has 0 N–H and O–H groups in total. The highest BCUT2D eigenvalue weighted by Gasteiger charge is 2.21. The zero-order valence-corrected chi connectivity index (χ0v) is 64.9. The Morgan fingerprint density at radius 2 is 0.297 bits per heavy atom. The van der Waals surface area contributed by atoms with E-state index in [1.165, 1.54) is 229 Å². The molecule has 0 radical (unpaired) electrons. The second kappa shape index (κ2) is 29.6. The minimum atomic E-state index is 1.23. The van der Waals surface area contributed by atoms with Crippen LogP contribution in [0.2, 0.25) is 0 Å². The smallest absolute Gasteiger partial charge is 0.00259 e. The van der Waals surface area contributed by atoms with Gasteiger partial charge in [0.25, 0.3) is 0 Å². The van der Waals surface area contributed by atoms with Crippen LogP contribution in [0.1, 0.15) is 0 Å². The van der Waals surface area contributed by atoms with Crippen LogP contribution < -0.4 is 0 Å².